The van der Waals surface area contributed by atoms with Gasteiger partial charge in [-0.25, -0.2) is 4.98 Å². The molecule has 0 unspecified atom stereocenters. The molecule has 0 aliphatic heterocycles. The zero-order valence-electron chi connectivity index (χ0n) is 12.4. The standard InChI is InChI=1S/C17H17N3O/c1-12-9-10-20-15(11-12)18-13(2)16(20)17(21)19(3)14-7-5-4-6-8-14/h4-11H,1-3H3. The van der Waals surface area contributed by atoms with Crippen LogP contribution in [0.15, 0.2) is 48.7 Å². The molecular weight excluding hydrogens is 262 g/mol. The lowest BCUT2D eigenvalue weighted by Crippen LogP contribution is -2.28. The Kier molecular flexibility index (Phi) is 3.22. The molecule has 0 saturated carbocycles. The summed E-state index contributed by atoms with van der Waals surface area (Å²) in [4.78, 5) is 18.9. The molecule has 2 aromatic heterocycles. The van der Waals surface area contributed by atoms with Gasteiger partial charge in [0.05, 0.1) is 5.69 Å². The van der Waals surface area contributed by atoms with Gasteiger partial charge in [-0.1, -0.05) is 18.2 Å². The van der Waals surface area contributed by atoms with Crippen LogP contribution in [0.2, 0.25) is 0 Å². The maximum atomic E-state index is 12.8. The summed E-state index contributed by atoms with van der Waals surface area (Å²) in [6, 6.07) is 13.6. The Bertz CT molecular complexity index is 806. The lowest BCUT2D eigenvalue weighted by Gasteiger charge is -2.17. The van der Waals surface area contributed by atoms with Crippen LogP contribution in [-0.4, -0.2) is 22.3 Å². The lowest BCUT2D eigenvalue weighted by atomic mass is 10.2. The third-order valence-electron chi connectivity index (χ3n) is 3.61. The van der Waals surface area contributed by atoms with Gasteiger partial charge in [-0.05, 0) is 43.7 Å². The van der Waals surface area contributed by atoms with E-state index >= 15 is 0 Å². The molecule has 106 valence electrons. The van der Waals surface area contributed by atoms with Gasteiger partial charge in [-0.3, -0.25) is 9.20 Å². The van der Waals surface area contributed by atoms with Crippen LogP contribution in [0.1, 0.15) is 21.7 Å². The van der Waals surface area contributed by atoms with Crippen molar-refractivity contribution in [1.29, 1.82) is 0 Å². The second-order valence-electron chi connectivity index (χ2n) is 5.18. The highest BCUT2D eigenvalue weighted by atomic mass is 16.2. The fourth-order valence-electron chi connectivity index (χ4n) is 2.45. The number of nitrogens with zero attached hydrogens (tertiary/aromatic N) is 3. The van der Waals surface area contributed by atoms with Crippen molar-refractivity contribution < 1.29 is 4.79 Å². The van der Waals surface area contributed by atoms with E-state index < -0.39 is 0 Å². The Morgan fingerprint density at radius 2 is 1.86 bits per heavy atom. The molecule has 0 aliphatic rings. The van der Waals surface area contributed by atoms with Crippen molar-refractivity contribution in [3.8, 4) is 0 Å². The van der Waals surface area contributed by atoms with E-state index in [1.807, 2.05) is 66.9 Å². The van der Waals surface area contributed by atoms with Crippen molar-refractivity contribution in [3.63, 3.8) is 0 Å². The Morgan fingerprint density at radius 1 is 1.14 bits per heavy atom. The first-order chi connectivity index (χ1) is 10.1. The molecule has 0 atom stereocenters. The third kappa shape index (κ3) is 2.29. The predicted molar refractivity (Wildman–Crippen MR) is 83.8 cm³/mol. The van der Waals surface area contributed by atoms with Crippen molar-refractivity contribution in [2.45, 2.75) is 13.8 Å². The van der Waals surface area contributed by atoms with Gasteiger partial charge in [0.15, 0.2) is 0 Å². The number of carbonyl (C=O) groups excluding carboxylic acids is 1. The number of hydrogen-bond donors (Lipinski definition) is 0. The monoisotopic (exact) mass is 279 g/mol. The number of aryl methyl sites for hydroxylation is 2. The highest BCUT2D eigenvalue weighted by Gasteiger charge is 2.20. The number of imidazole rings is 1. The molecule has 4 nitrogen and oxygen atoms in total. The van der Waals surface area contributed by atoms with Gasteiger partial charge < -0.3 is 4.90 Å². The minimum Gasteiger partial charge on any atom is -0.310 e. The van der Waals surface area contributed by atoms with Gasteiger partial charge in [-0.15, -0.1) is 0 Å². The number of fused-ring (bicyclic) bond motifs is 1. The molecule has 0 saturated heterocycles. The second kappa shape index (κ2) is 5.05. The summed E-state index contributed by atoms with van der Waals surface area (Å²) in [6.07, 6.45) is 1.90. The average molecular weight is 279 g/mol. The largest absolute Gasteiger partial charge is 0.310 e. The van der Waals surface area contributed by atoms with Gasteiger partial charge in [0.25, 0.3) is 5.91 Å². The third-order valence-corrected chi connectivity index (χ3v) is 3.61. The van der Waals surface area contributed by atoms with Crippen LogP contribution in [0.5, 0.6) is 0 Å². The van der Waals surface area contributed by atoms with E-state index in [2.05, 4.69) is 4.98 Å². The number of amides is 1. The Balaban J connectivity index is 2.08. The van der Waals surface area contributed by atoms with E-state index in [1.54, 1.807) is 11.9 Å². The molecule has 2 heterocycles. The van der Waals surface area contributed by atoms with Crippen LogP contribution in [0, 0.1) is 13.8 Å². The summed E-state index contributed by atoms with van der Waals surface area (Å²) in [5, 5.41) is 0. The molecule has 3 rings (SSSR count). The molecule has 1 amide bonds. The highest BCUT2D eigenvalue weighted by molar-refractivity contribution is 6.05. The number of pyridine rings is 1. The van der Waals surface area contributed by atoms with E-state index in [1.165, 1.54) is 0 Å². The molecule has 0 N–H and O–H groups in total. The van der Waals surface area contributed by atoms with Gasteiger partial charge in [0, 0.05) is 18.9 Å². The zero-order chi connectivity index (χ0) is 15.0. The highest BCUT2D eigenvalue weighted by Crippen LogP contribution is 2.19. The quantitative estimate of drug-likeness (QED) is 0.722. The van der Waals surface area contributed by atoms with Crippen LogP contribution in [-0.2, 0) is 0 Å². The molecular formula is C17H17N3O. The van der Waals surface area contributed by atoms with Crippen LogP contribution in [0.3, 0.4) is 0 Å². The number of carbonyl (C=O) groups is 1. The minimum absolute atomic E-state index is 0.0601. The fourth-order valence-corrected chi connectivity index (χ4v) is 2.45. The van der Waals surface area contributed by atoms with Crippen LogP contribution < -0.4 is 4.90 Å². The SMILES string of the molecule is Cc1ccn2c(C(=O)N(C)c3ccccc3)c(C)nc2c1. The van der Waals surface area contributed by atoms with Gasteiger partial charge in [-0.2, -0.15) is 0 Å². The molecule has 0 aliphatic carbocycles. The summed E-state index contributed by atoms with van der Waals surface area (Å²) in [7, 11) is 1.78. The zero-order valence-corrected chi connectivity index (χ0v) is 12.4. The summed E-state index contributed by atoms with van der Waals surface area (Å²) in [5.41, 5.74) is 4.15. The van der Waals surface area contributed by atoms with Crippen molar-refractivity contribution in [2.24, 2.45) is 0 Å². The Morgan fingerprint density at radius 3 is 2.57 bits per heavy atom. The normalized spacial score (nSPS) is 10.8. The summed E-state index contributed by atoms with van der Waals surface area (Å²) in [5.74, 6) is -0.0601. The van der Waals surface area contributed by atoms with Crippen LogP contribution >= 0.6 is 0 Å². The molecule has 0 bridgehead atoms. The first kappa shape index (κ1) is 13.4. The second-order valence-corrected chi connectivity index (χ2v) is 5.18. The van der Waals surface area contributed by atoms with Gasteiger partial charge in [0.2, 0.25) is 0 Å². The van der Waals surface area contributed by atoms with Gasteiger partial charge >= 0.3 is 0 Å². The topological polar surface area (TPSA) is 37.6 Å². The molecule has 0 spiro atoms. The summed E-state index contributed by atoms with van der Waals surface area (Å²) < 4.78 is 1.85. The number of benzene rings is 1. The molecule has 3 aromatic rings. The molecule has 0 radical (unpaired) electrons. The first-order valence-electron chi connectivity index (χ1n) is 6.86. The van der Waals surface area contributed by atoms with E-state index in [0.717, 1.165) is 22.6 Å². The molecule has 1 aromatic carbocycles. The number of aromatic nitrogens is 2. The number of anilines is 1. The molecule has 21 heavy (non-hydrogen) atoms. The first-order valence-corrected chi connectivity index (χ1v) is 6.86. The Hall–Kier alpha value is -2.62. The van der Waals surface area contributed by atoms with E-state index in [9.17, 15) is 4.79 Å². The maximum Gasteiger partial charge on any atom is 0.276 e. The van der Waals surface area contributed by atoms with E-state index in [-0.39, 0.29) is 5.91 Å². The van der Waals surface area contributed by atoms with Gasteiger partial charge in [0.1, 0.15) is 11.3 Å². The number of para-hydroxylation sites is 1. The fraction of sp³-hybridized carbons (Fsp3) is 0.176. The van der Waals surface area contributed by atoms with Crippen molar-refractivity contribution in [2.75, 3.05) is 11.9 Å². The minimum atomic E-state index is -0.0601. The van der Waals surface area contributed by atoms with Crippen molar-refractivity contribution >= 4 is 17.2 Å². The smallest absolute Gasteiger partial charge is 0.276 e. The Labute approximate surface area is 123 Å². The summed E-state index contributed by atoms with van der Waals surface area (Å²) >= 11 is 0. The van der Waals surface area contributed by atoms with Crippen LogP contribution in [0.4, 0.5) is 5.69 Å². The van der Waals surface area contributed by atoms with E-state index in [4.69, 9.17) is 0 Å². The van der Waals surface area contributed by atoms with Crippen LogP contribution in [0.25, 0.3) is 5.65 Å². The lowest BCUT2D eigenvalue weighted by molar-refractivity contribution is 0.0987. The molecule has 4 heteroatoms. The summed E-state index contributed by atoms with van der Waals surface area (Å²) in [6.45, 7) is 3.88. The number of rotatable bonds is 2. The maximum absolute atomic E-state index is 12.8. The molecule has 0 fully saturated rings. The average Bonchev–Trinajstić information content (AvgIpc) is 2.81. The van der Waals surface area contributed by atoms with Crippen molar-refractivity contribution in [3.05, 3.63) is 65.6 Å². The number of hydrogen-bond acceptors (Lipinski definition) is 2. The van der Waals surface area contributed by atoms with E-state index in [0.29, 0.717) is 5.69 Å². The predicted octanol–water partition coefficient (Wildman–Crippen LogP) is 3.23. The van der Waals surface area contributed by atoms with Crippen molar-refractivity contribution in [1.82, 2.24) is 9.38 Å².